The Kier molecular flexibility index (Phi) is 2.80. The van der Waals surface area contributed by atoms with Crippen LogP contribution in [0.3, 0.4) is 0 Å². The molecule has 0 aromatic carbocycles. The van der Waals surface area contributed by atoms with Crippen molar-refractivity contribution in [1.82, 2.24) is 4.90 Å². The largest absolute Gasteiger partial charge is 0.345 e. The van der Waals surface area contributed by atoms with Gasteiger partial charge in [0.2, 0.25) is 5.91 Å². The average Bonchev–Trinajstić information content (AvgIpc) is 2.77. The monoisotopic (exact) mass is 195 g/mol. The Morgan fingerprint density at radius 2 is 2.14 bits per heavy atom. The van der Waals surface area contributed by atoms with Crippen molar-refractivity contribution in [3.05, 3.63) is 0 Å². The molecule has 3 atom stereocenters. The number of nitrogens with zero attached hydrogens (tertiary/aromatic N) is 1. The number of amides is 1. The maximum Gasteiger partial charge on any atom is 0.222 e. The summed E-state index contributed by atoms with van der Waals surface area (Å²) in [5, 5.41) is 0. The number of hydrogen-bond donors (Lipinski definition) is 0. The molecule has 80 valence electrons. The van der Waals surface area contributed by atoms with Gasteiger partial charge in [0.05, 0.1) is 0 Å². The van der Waals surface area contributed by atoms with Gasteiger partial charge in [-0.25, -0.2) is 0 Å². The molecule has 0 aromatic heterocycles. The van der Waals surface area contributed by atoms with Crippen LogP contribution < -0.4 is 0 Å². The Morgan fingerprint density at radius 3 is 2.64 bits per heavy atom. The SMILES string of the molecule is CCC(=O)N(C)CC1CC2CCC1C2. The van der Waals surface area contributed by atoms with E-state index >= 15 is 0 Å². The fourth-order valence-electron chi connectivity index (χ4n) is 3.32. The quantitative estimate of drug-likeness (QED) is 0.676. The van der Waals surface area contributed by atoms with Gasteiger partial charge in [-0.15, -0.1) is 0 Å². The van der Waals surface area contributed by atoms with Gasteiger partial charge in [0.1, 0.15) is 0 Å². The molecule has 1 amide bonds. The van der Waals surface area contributed by atoms with E-state index in [1.165, 1.54) is 25.7 Å². The molecule has 0 radical (unpaired) electrons. The van der Waals surface area contributed by atoms with Gasteiger partial charge in [0.15, 0.2) is 0 Å². The van der Waals surface area contributed by atoms with Crippen molar-refractivity contribution in [2.24, 2.45) is 17.8 Å². The second-order valence-electron chi connectivity index (χ2n) is 5.06. The van der Waals surface area contributed by atoms with Gasteiger partial charge in [-0.1, -0.05) is 13.3 Å². The molecule has 14 heavy (non-hydrogen) atoms. The van der Waals surface area contributed by atoms with Gasteiger partial charge in [-0.05, 0) is 37.0 Å². The Labute approximate surface area is 86.7 Å². The van der Waals surface area contributed by atoms with Gasteiger partial charge >= 0.3 is 0 Å². The van der Waals surface area contributed by atoms with Crippen LogP contribution in [-0.4, -0.2) is 24.4 Å². The van der Waals surface area contributed by atoms with Crippen LogP contribution in [0.25, 0.3) is 0 Å². The van der Waals surface area contributed by atoms with Crippen molar-refractivity contribution < 1.29 is 4.79 Å². The van der Waals surface area contributed by atoms with Crippen molar-refractivity contribution in [3.63, 3.8) is 0 Å². The Bertz CT molecular complexity index is 226. The normalized spacial score (nSPS) is 34.9. The zero-order valence-corrected chi connectivity index (χ0v) is 9.33. The standard InChI is InChI=1S/C12H21NO/c1-3-12(14)13(2)8-11-7-9-4-5-10(11)6-9/h9-11H,3-8H2,1-2H3. The molecule has 2 fully saturated rings. The molecule has 0 aromatic rings. The minimum Gasteiger partial charge on any atom is -0.345 e. The molecule has 2 aliphatic rings. The first kappa shape index (κ1) is 10.0. The fraction of sp³-hybridized carbons (Fsp3) is 0.917. The molecule has 2 bridgehead atoms. The highest BCUT2D eigenvalue weighted by molar-refractivity contribution is 5.75. The summed E-state index contributed by atoms with van der Waals surface area (Å²) in [6.07, 6.45) is 6.35. The van der Waals surface area contributed by atoms with E-state index in [4.69, 9.17) is 0 Å². The van der Waals surface area contributed by atoms with E-state index < -0.39 is 0 Å². The van der Waals surface area contributed by atoms with Crippen molar-refractivity contribution in [1.29, 1.82) is 0 Å². The van der Waals surface area contributed by atoms with E-state index in [1.807, 2.05) is 18.9 Å². The summed E-state index contributed by atoms with van der Waals surface area (Å²) in [6.45, 7) is 2.95. The van der Waals surface area contributed by atoms with Crippen LogP contribution in [0, 0.1) is 17.8 Å². The molecule has 0 aliphatic heterocycles. The summed E-state index contributed by atoms with van der Waals surface area (Å²) >= 11 is 0. The third-order valence-electron chi connectivity index (χ3n) is 4.12. The maximum atomic E-state index is 11.4. The summed E-state index contributed by atoms with van der Waals surface area (Å²) < 4.78 is 0. The fourth-order valence-corrected chi connectivity index (χ4v) is 3.32. The third kappa shape index (κ3) is 1.79. The van der Waals surface area contributed by atoms with Crippen molar-refractivity contribution in [2.75, 3.05) is 13.6 Å². The van der Waals surface area contributed by atoms with Crippen molar-refractivity contribution in [3.8, 4) is 0 Å². The molecule has 2 rings (SSSR count). The second-order valence-corrected chi connectivity index (χ2v) is 5.06. The summed E-state index contributed by atoms with van der Waals surface area (Å²) in [5.74, 6) is 3.05. The van der Waals surface area contributed by atoms with Gasteiger partial charge < -0.3 is 4.90 Å². The molecule has 2 nitrogen and oxygen atoms in total. The van der Waals surface area contributed by atoms with Crippen LogP contribution in [-0.2, 0) is 4.79 Å². The Balaban J connectivity index is 1.83. The number of fused-ring (bicyclic) bond motifs is 2. The van der Waals surface area contributed by atoms with Gasteiger partial charge in [0.25, 0.3) is 0 Å². The highest BCUT2D eigenvalue weighted by Gasteiger charge is 2.39. The summed E-state index contributed by atoms with van der Waals surface area (Å²) in [6, 6.07) is 0. The lowest BCUT2D eigenvalue weighted by molar-refractivity contribution is -0.130. The zero-order valence-electron chi connectivity index (χ0n) is 9.33. The summed E-state index contributed by atoms with van der Waals surface area (Å²) in [5.41, 5.74) is 0. The topological polar surface area (TPSA) is 20.3 Å². The molecule has 2 aliphatic carbocycles. The Morgan fingerprint density at radius 1 is 1.36 bits per heavy atom. The third-order valence-corrected chi connectivity index (χ3v) is 4.12. The lowest BCUT2D eigenvalue weighted by Gasteiger charge is -2.27. The van der Waals surface area contributed by atoms with Crippen LogP contribution in [0.15, 0.2) is 0 Å². The number of hydrogen-bond acceptors (Lipinski definition) is 1. The minimum atomic E-state index is 0.299. The van der Waals surface area contributed by atoms with Crippen molar-refractivity contribution in [2.45, 2.75) is 39.0 Å². The molecule has 2 saturated carbocycles. The first-order chi connectivity index (χ1) is 6.70. The van der Waals surface area contributed by atoms with Gasteiger partial charge in [0, 0.05) is 20.0 Å². The molecule has 0 spiro atoms. The second kappa shape index (κ2) is 3.92. The van der Waals surface area contributed by atoms with E-state index in [-0.39, 0.29) is 0 Å². The van der Waals surface area contributed by atoms with E-state index in [0.717, 1.165) is 24.3 Å². The van der Waals surface area contributed by atoms with E-state index in [1.54, 1.807) is 0 Å². The smallest absolute Gasteiger partial charge is 0.222 e. The summed E-state index contributed by atoms with van der Waals surface area (Å²) in [4.78, 5) is 13.4. The highest BCUT2D eigenvalue weighted by Crippen LogP contribution is 2.48. The predicted molar refractivity (Wildman–Crippen MR) is 56.9 cm³/mol. The first-order valence-corrected chi connectivity index (χ1v) is 5.94. The molecule has 0 N–H and O–H groups in total. The van der Waals surface area contributed by atoms with Crippen LogP contribution >= 0.6 is 0 Å². The van der Waals surface area contributed by atoms with Crippen LogP contribution in [0.1, 0.15) is 39.0 Å². The van der Waals surface area contributed by atoms with Gasteiger partial charge in [-0.2, -0.15) is 0 Å². The maximum absolute atomic E-state index is 11.4. The molecule has 3 unspecified atom stereocenters. The van der Waals surface area contributed by atoms with Crippen molar-refractivity contribution >= 4 is 5.91 Å². The van der Waals surface area contributed by atoms with Crippen LogP contribution in [0.5, 0.6) is 0 Å². The minimum absolute atomic E-state index is 0.299. The molecular weight excluding hydrogens is 174 g/mol. The highest BCUT2D eigenvalue weighted by atomic mass is 16.2. The number of carbonyl (C=O) groups is 1. The van der Waals surface area contributed by atoms with E-state index in [0.29, 0.717) is 12.3 Å². The molecule has 0 heterocycles. The lowest BCUT2D eigenvalue weighted by atomic mass is 9.88. The van der Waals surface area contributed by atoms with Crippen LogP contribution in [0.4, 0.5) is 0 Å². The predicted octanol–water partition coefficient (Wildman–Crippen LogP) is 2.29. The summed E-state index contributed by atoms with van der Waals surface area (Å²) in [7, 11) is 1.96. The van der Waals surface area contributed by atoms with E-state index in [9.17, 15) is 4.79 Å². The number of rotatable bonds is 3. The number of carbonyl (C=O) groups excluding carboxylic acids is 1. The first-order valence-electron chi connectivity index (χ1n) is 5.94. The van der Waals surface area contributed by atoms with Gasteiger partial charge in [-0.3, -0.25) is 4.79 Å². The van der Waals surface area contributed by atoms with E-state index in [2.05, 4.69) is 0 Å². The lowest BCUT2D eigenvalue weighted by Crippen LogP contribution is -2.33. The molecule has 2 heteroatoms. The zero-order chi connectivity index (χ0) is 10.1. The van der Waals surface area contributed by atoms with Crippen LogP contribution in [0.2, 0.25) is 0 Å². The molecular formula is C12H21NO. The molecule has 0 saturated heterocycles. The average molecular weight is 195 g/mol. The Hall–Kier alpha value is -0.530.